The van der Waals surface area contributed by atoms with Crippen LogP contribution in [-0.4, -0.2) is 25.0 Å². The van der Waals surface area contributed by atoms with Crippen LogP contribution in [-0.2, 0) is 12.4 Å². The van der Waals surface area contributed by atoms with Crippen LogP contribution in [0.15, 0.2) is 33.9 Å². The summed E-state index contributed by atoms with van der Waals surface area (Å²) in [4.78, 5) is 4.14. The highest BCUT2D eigenvalue weighted by Crippen LogP contribution is 2.21. The highest BCUT2D eigenvalue weighted by atomic mass is 32.2. The van der Waals surface area contributed by atoms with Gasteiger partial charge in [-0.2, -0.15) is 4.98 Å². The normalized spacial score (nSPS) is 11.2. The average Bonchev–Trinajstić information content (AvgIpc) is 3.17. The maximum absolute atomic E-state index is 6.02. The molecule has 2 N–H and O–H groups in total. The molecule has 0 saturated carbocycles. The van der Waals surface area contributed by atoms with Crippen molar-refractivity contribution in [3.63, 3.8) is 0 Å². The maximum atomic E-state index is 6.02. The van der Waals surface area contributed by atoms with Gasteiger partial charge < -0.3 is 15.1 Å². The Hall–Kier alpha value is -2.55. The van der Waals surface area contributed by atoms with E-state index in [9.17, 15) is 0 Å². The Kier molecular flexibility index (Phi) is 5.22. The summed E-state index contributed by atoms with van der Waals surface area (Å²) in [5, 5.41) is 12.4. The lowest BCUT2D eigenvalue weighted by atomic mass is 10.0. The van der Waals surface area contributed by atoms with Crippen molar-refractivity contribution in [3.8, 4) is 5.75 Å². The molecule has 132 valence electrons. The van der Waals surface area contributed by atoms with Crippen molar-refractivity contribution in [1.29, 1.82) is 0 Å². The van der Waals surface area contributed by atoms with E-state index in [4.69, 9.17) is 15.1 Å². The number of aryl methyl sites for hydroxylation is 1. The van der Waals surface area contributed by atoms with Crippen LogP contribution in [0.2, 0.25) is 0 Å². The molecule has 0 spiro atoms. The van der Waals surface area contributed by atoms with Gasteiger partial charge >= 0.3 is 0 Å². The van der Waals surface area contributed by atoms with E-state index >= 15 is 0 Å². The van der Waals surface area contributed by atoms with Crippen LogP contribution in [0.3, 0.4) is 0 Å². The van der Waals surface area contributed by atoms with E-state index in [1.807, 2.05) is 12.1 Å². The molecular weight excluding hydrogens is 340 g/mol. The van der Waals surface area contributed by atoms with Crippen LogP contribution in [0.1, 0.15) is 42.9 Å². The molecule has 0 aliphatic carbocycles. The Balaban J connectivity index is 1.57. The van der Waals surface area contributed by atoms with Crippen molar-refractivity contribution in [2.45, 2.75) is 44.2 Å². The Bertz CT molecular complexity index is 828. The van der Waals surface area contributed by atoms with Crippen LogP contribution in [0.25, 0.3) is 0 Å². The van der Waals surface area contributed by atoms with Crippen molar-refractivity contribution in [1.82, 2.24) is 25.0 Å². The van der Waals surface area contributed by atoms with E-state index in [-0.39, 0.29) is 6.61 Å². The van der Waals surface area contributed by atoms with Crippen LogP contribution < -0.4 is 10.6 Å². The van der Waals surface area contributed by atoms with Gasteiger partial charge in [-0.25, -0.2) is 4.68 Å². The molecule has 9 heteroatoms. The Morgan fingerprint density at radius 2 is 2.00 bits per heavy atom. The first-order valence-corrected chi connectivity index (χ1v) is 8.85. The molecule has 0 bridgehead atoms. The van der Waals surface area contributed by atoms with E-state index in [0.29, 0.717) is 34.4 Å². The SMILES string of the molecule is Cc1noc(CSc2nnc(COc3ccc(C(C)C)cc3)n2N)n1. The summed E-state index contributed by atoms with van der Waals surface area (Å²) in [7, 11) is 0. The van der Waals surface area contributed by atoms with Gasteiger partial charge in [0.15, 0.2) is 11.6 Å². The number of nitrogens with two attached hydrogens (primary N) is 1. The van der Waals surface area contributed by atoms with Crippen molar-refractivity contribution in [2.75, 3.05) is 5.84 Å². The van der Waals surface area contributed by atoms with Crippen molar-refractivity contribution >= 4 is 11.8 Å². The lowest BCUT2D eigenvalue weighted by molar-refractivity contribution is 0.291. The van der Waals surface area contributed by atoms with E-state index < -0.39 is 0 Å². The van der Waals surface area contributed by atoms with Gasteiger partial charge in [-0.1, -0.05) is 42.9 Å². The Morgan fingerprint density at radius 3 is 2.64 bits per heavy atom. The van der Waals surface area contributed by atoms with Crippen molar-refractivity contribution in [2.24, 2.45) is 0 Å². The fraction of sp³-hybridized carbons (Fsp3) is 0.375. The van der Waals surface area contributed by atoms with E-state index in [0.717, 1.165) is 5.75 Å². The highest BCUT2D eigenvalue weighted by Gasteiger charge is 2.13. The standard InChI is InChI=1S/C16H20N6O2S/c1-10(2)12-4-6-13(7-5-12)23-8-14-19-20-16(22(14)17)25-9-15-18-11(3)21-24-15/h4-7,10H,8-9,17H2,1-3H3. The number of nitrogen functional groups attached to an aromatic ring is 1. The Morgan fingerprint density at radius 1 is 1.24 bits per heavy atom. The van der Waals surface area contributed by atoms with Gasteiger partial charge in [0.25, 0.3) is 0 Å². The third kappa shape index (κ3) is 4.30. The highest BCUT2D eigenvalue weighted by molar-refractivity contribution is 7.98. The Labute approximate surface area is 149 Å². The molecule has 0 amide bonds. The maximum Gasteiger partial charge on any atom is 0.237 e. The van der Waals surface area contributed by atoms with E-state index in [1.165, 1.54) is 22.0 Å². The number of hydrogen-bond acceptors (Lipinski definition) is 8. The predicted molar refractivity (Wildman–Crippen MR) is 93.6 cm³/mol. The molecule has 0 unspecified atom stereocenters. The zero-order chi connectivity index (χ0) is 17.8. The first-order chi connectivity index (χ1) is 12.0. The molecule has 3 aromatic rings. The van der Waals surface area contributed by atoms with Gasteiger partial charge in [-0.3, -0.25) is 0 Å². The summed E-state index contributed by atoms with van der Waals surface area (Å²) in [6.07, 6.45) is 0. The van der Waals surface area contributed by atoms with Gasteiger partial charge in [0.2, 0.25) is 11.0 Å². The third-order valence-electron chi connectivity index (χ3n) is 3.54. The molecule has 0 fully saturated rings. The summed E-state index contributed by atoms with van der Waals surface area (Å²) in [5.74, 6) is 9.42. The fourth-order valence-corrected chi connectivity index (χ4v) is 2.84. The topological polar surface area (TPSA) is 105 Å². The minimum absolute atomic E-state index is 0.241. The number of ether oxygens (including phenoxy) is 1. The van der Waals surface area contributed by atoms with Crippen LogP contribution in [0, 0.1) is 6.92 Å². The summed E-state index contributed by atoms with van der Waals surface area (Å²) >= 11 is 1.37. The quantitative estimate of drug-likeness (QED) is 0.506. The van der Waals surface area contributed by atoms with Crippen molar-refractivity contribution < 1.29 is 9.26 Å². The summed E-state index contributed by atoms with van der Waals surface area (Å²) in [6, 6.07) is 8.00. The second-order valence-electron chi connectivity index (χ2n) is 5.81. The first kappa shape index (κ1) is 17.3. The average molecular weight is 360 g/mol. The zero-order valence-electron chi connectivity index (χ0n) is 14.3. The zero-order valence-corrected chi connectivity index (χ0v) is 15.2. The largest absolute Gasteiger partial charge is 0.486 e. The number of nitrogens with zero attached hydrogens (tertiary/aromatic N) is 5. The number of thioether (sulfide) groups is 1. The molecule has 0 radical (unpaired) electrons. The van der Waals surface area contributed by atoms with Crippen LogP contribution in [0.5, 0.6) is 5.75 Å². The second-order valence-corrected chi connectivity index (χ2v) is 6.75. The lowest BCUT2D eigenvalue weighted by Crippen LogP contribution is -2.15. The molecule has 0 atom stereocenters. The molecule has 8 nitrogen and oxygen atoms in total. The summed E-state index contributed by atoms with van der Waals surface area (Å²) in [5.41, 5.74) is 1.27. The van der Waals surface area contributed by atoms with Gasteiger partial charge in [-0.05, 0) is 30.5 Å². The predicted octanol–water partition coefficient (Wildman–Crippen LogP) is 2.68. The molecule has 3 rings (SSSR count). The molecular formula is C16H20N6O2S. The molecule has 25 heavy (non-hydrogen) atoms. The number of aromatic nitrogens is 5. The molecule has 2 heterocycles. The second kappa shape index (κ2) is 7.56. The van der Waals surface area contributed by atoms with Crippen LogP contribution >= 0.6 is 11.8 Å². The smallest absolute Gasteiger partial charge is 0.237 e. The monoisotopic (exact) mass is 360 g/mol. The third-order valence-corrected chi connectivity index (χ3v) is 4.47. The molecule has 0 aliphatic rings. The van der Waals surface area contributed by atoms with Gasteiger partial charge in [0.1, 0.15) is 12.4 Å². The lowest BCUT2D eigenvalue weighted by Gasteiger charge is -2.08. The first-order valence-electron chi connectivity index (χ1n) is 7.87. The summed E-state index contributed by atoms with van der Waals surface area (Å²) < 4.78 is 12.2. The number of rotatable bonds is 7. The molecule has 0 saturated heterocycles. The van der Waals surface area contributed by atoms with Gasteiger partial charge in [0, 0.05) is 0 Å². The number of hydrogen-bond donors (Lipinski definition) is 1. The molecule has 0 aliphatic heterocycles. The van der Waals surface area contributed by atoms with Gasteiger partial charge in [0.05, 0.1) is 5.75 Å². The fourth-order valence-electron chi connectivity index (χ4n) is 2.13. The molecule has 2 aromatic heterocycles. The summed E-state index contributed by atoms with van der Waals surface area (Å²) in [6.45, 7) is 6.32. The minimum atomic E-state index is 0.241. The van der Waals surface area contributed by atoms with E-state index in [1.54, 1.807) is 6.92 Å². The number of benzene rings is 1. The van der Waals surface area contributed by atoms with E-state index in [2.05, 4.69) is 46.3 Å². The molecule has 1 aromatic carbocycles. The van der Waals surface area contributed by atoms with Crippen LogP contribution in [0.4, 0.5) is 0 Å². The van der Waals surface area contributed by atoms with Crippen molar-refractivity contribution in [3.05, 3.63) is 47.4 Å². The minimum Gasteiger partial charge on any atom is -0.486 e. The van der Waals surface area contributed by atoms with Gasteiger partial charge in [-0.15, -0.1) is 10.2 Å².